The van der Waals surface area contributed by atoms with Crippen LogP contribution in [0.5, 0.6) is 11.5 Å². The monoisotopic (exact) mass is 392 g/mol. The fourth-order valence-electron chi connectivity index (χ4n) is 2.23. The smallest absolute Gasteiger partial charge is 0.271 e. The summed E-state index contributed by atoms with van der Waals surface area (Å²) in [7, 11) is 0. The maximum absolute atomic E-state index is 12.0. The van der Waals surface area contributed by atoms with E-state index in [-0.39, 0.29) is 23.0 Å². The molecule has 0 unspecified atom stereocenters. The number of nitrogens with one attached hydrogen (secondary N) is 1. The molecule has 0 aliphatic carbocycles. The highest BCUT2D eigenvalue weighted by Crippen LogP contribution is 2.26. The van der Waals surface area contributed by atoms with Gasteiger partial charge in [-0.3, -0.25) is 14.9 Å². The van der Waals surface area contributed by atoms with E-state index in [0.29, 0.717) is 12.4 Å². The van der Waals surface area contributed by atoms with Gasteiger partial charge in [0.2, 0.25) is 0 Å². The molecule has 144 valence electrons. The Morgan fingerprint density at radius 3 is 2.41 bits per heavy atom. The highest BCUT2D eigenvalue weighted by molar-refractivity contribution is 6.33. The van der Waals surface area contributed by atoms with E-state index >= 15 is 0 Å². The molecule has 0 bridgehead atoms. The molecule has 0 spiro atoms. The van der Waals surface area contributed by atoms with Gasteiger partial charge in [0.25, 0.3) is 11.6 Å². The largest absolute Gasteiger partial charge is 0.494 e. The van der Waals surface area contributed by atoms with Gasteiger partial charge in [-0.15, -0.1) is 0 Å². The number of amides is 1. The summed E-state index contributed by atoms with van der Waals surface area (Å²) in [6.45, 7) is 2.55. The normalized spacial score (nSPS) is 10.3. The predicted octanol–water partition coefficient (Wildman–Crippen LogP) is 4.83. The van der Waals surface area contributed by atoms with Crippen LogP contribution in [-0.4, -0.2) is 24.0 Å². The summed E-state index contributed by atoms with van der Waals surface area (Å²) in [5, 5.41) is 13.5. The summed E-state index contributed by atoms with van der Waals surface area (Å²) >= 11 is 5.95. The number of carbonyl (C=O) groups excluding carboxylic acids is 1. The minimum absolute atomic E-state index is 0.162. The van der Waals surface area contributed by atoms with Crippen molar-refractivity contribution in [1.29, 1.82) is 0 Å². The molecule has 0 atom stereocenters. The summed E-state index contributed by atoms with van der Waals surface area (Å²) in [6.07, 6.45) is 3.28. The van der Waals surface area contributed by atoms with Gasteiger partial charge in [-0.25, -0.2) is 0 Å². The molecule has 0 saturated heterocycles. The Morgan fingerprint density at radius 1 is 1.11 bits per heavy atom. The summed E-state index contributed by atoms with van der Waals surface area (Å²) < 4.78 is 11.0. The van der Waals surface area contributed by atoms with Crippen molar-refractivity contribution in [3.05, 3.63) is 57.6 Å². The molecule has 0 saturated carbocycles. The van der Waals surface area contributed by atoms with Crippen LogP contribution in [0.15, 0.2) is 42.5 Å². The first-order chi connectivity index (χ1) is 13.0. The van der Waals surface area contributed by atoms with Crippen molar-refractivity contribution in [3.63, 3.8) is 0 Å². The lowest BCUT2D eigenvalue weighted by Gasteiger charge is -2.10. The van der Waals surface area contributed by atoms with E-state index in [0.717, 1.165) is 25.0 Å². The topological polar surface area (TPSA) is 90.7 Å². The van der Waals surface area contributed by atoms with Gasteiger partial charge in [-0.05, 0) is 36.8 Å². The van der Waals surface area contributed by atoms with E-state index in [9.17, 15) is 14.9 Å². The molecule has 2 rings (SSSR count). The molecule has 8 heteroatoms. The highest BCUT2D eigenvalue weighted by Gasteiger charge is 2.12. The van der Waals surface area contributed by atoms with Crippen molar-refractivity contribution in [3.8, 4) is 11.5 Å². The van der Waals surface area contributed by atoms with E-state index in [1.807, 2.05) is 0 Å². The van der Waals surface area contributed by atoms with Gasteiger partial charge in [0, 0.05) is 12.1 Å². The molecule has 0 aliphatic heterocycles. The number of unbranched alkanes of at least 4 members (excludes halogenated alkanes) is 2. The second kappa shape index (κ2) is 10.4. The van der Waals surface area contributed by atoms with E-state index in [1.54, 1.807) is 24.3 Å². The third kappa shape index (κ3) is 6.79. The second-order valence-corrected chi connectivity index (χ2v) is 6.19. The minimum Gasteiger partial charge on any atom is -0.494 e. The van der Waals surface area contributed by atoms with Crippen LogP contribution >= 0.6 is 11.6 Å². The van der Waals surface area contributed by atoms with Crippen LogP contribution in [0.2, 0.25) is 5.02 Å². The summed E-state index contributed by atoms with van der Waals surface area (Å²) in [5.41, 5.74) is 0.000405. The summed E-state index contributed by atoms with van der Waals surface area (Å²) in [6, 6.07) is 10.8. The molecule has 0 aromatic heterocycles. The van der Waals surface area contributed by atoms with Gasteiger partial charge >= 0.3 is 0 Å². The lowest BCUT2D eigenvalue weighted by molar-refractivity contribution is -0.384. The van der Waals surface area contributed by atoms with E-state index in [4.69, 9.17) is 21.1 Å². The van der Waals surface area contributed by atoms with Crippen LogP contribution in [0.1, 0.15) is 26.2 Å². The van der Waals surface area contributed by atoms with Gasteiger partial charge < -0.3 is 14.8 Å². The zero-order valence-electron chi connectivity index (χ0n) is 14.9. The standard InChI is InChI=1S/C19H21ClN2O5/c1-2-3-4-11-26-15-6-8-16(9-7-15)27-13-19(23)21-18-12-14(22(24)25)5-10-17(18)20/h5-10,12H,2-4,11,13H2,1H3,(H,21,23). The van der Waals surface area contributed by atoms with Gasteiger partial charge in [-0.1, -0.05) is 31.4 Å². The first-order valence-corrected chi connectivity index (χ1v) is 8.97. The van der Waals surface area contributed by atoms with Crippen molar-refractivity contribution >= 4 is 28.9 Å². The molecule has 0 radical (unpaired) electrons. The Labute approximate surface area is 162 Å². The SMILES string of the molecule is CCCCCOc1ccc(OCC(=O)Nc2cc([N+](=O)[O-])ccc2Cl)cc1. The second-order valence-electron chi connectivity index (χ2n) is 5.79. The molecule has 1 N–H and O–H groups in total. The molecule has 0 fully saturated rings. The molecule has 1 amide bonds. The number of nitro benzene ring substituents is 1. The summed E-state index contributed by atoms with van der Waals surface area (Å²) in [4.78, 5) is 22.2. The number of ether oxygens (including phenoxy) is 2. The van der Waals surface area contributed by atoms with Crippen molar-refractivity contribution in [2.75, 3.05) is 18.5 Å². The molecular formula is C19H21ClN2O5. The van der Waals surface area contributed by atoms with Crippen molar-refractivity contribution in [1.82, 2.24) is 0 Å². The Hall–Kier alpha value is -2.80. The number of nitro groups is 1. The number of anilines is 1. The first-order valence-electron chi connectivity index (χ1n) is 8.59. The van der Waals surface area contributed by atoms with Gasteiger partial charge in [0.05, 0.1) is 22.2 Å². The molecule has 27 heavy (non-hydrogen) atoms. The van der Waals surface area contributed by atoms with E-state index in [1.165, 1.54) is 18.2 Å². The first kappa shape index (κ1) is 20.5. The van der Waals surface area contributed by atoms with Crippen LogP contribution in [0.3, 0.4) is 0 Å². The number of rotatable bonds is 10. The molecule has 0 aliphatic rings. The zero-order chi connectivity index (χ0) is 19.6. The number of carbonyl (C=O) groups is 1. The molecule has 0 heterocycles. The minimum atomic E-state index is -0.561. The maximum atomic E-state index is 12.0. The van der Waals surface area contributed by atoms with Crippen LogP contribution in [0.25, 0.3) is 0 Å². The van der Waals surface area contributed by atoms with E-state index < -0.39 is 10.8 Å². The quantitative estimate of drug-likeness (QED) is 0.355. The number of nitrogens with zero attached hydrogens (tertiary/aromatic N) is 1. The lowest BCUT2D eigenvalue weighted by Crippen LogP contribution is -2.20. The Bertz CT molecular complexity index is 780. The number of halogens is 1. The Kier molecular flexibility index (Phi) is 7.88. The maximum Gasteiger partial charge on any atom is 0.271 e. The highest BCUT2D eigenvalue weighted by atomic mass is 35.5. The molecule has 2 aromatic carbocycles. The number of hydrogen-bond donors (Lipinski definition) is 1. The average Bonchev–Trinajstić information content (AvgIpc) is 2.66. The lowest BCUT2D eigenvalue weighted by atomic mass is 10.2. The van der Waals surface area contributed by atoms with E-state index in [2.05, 4.69) is 12.2 Å². The third-order valence-electron chi connectivity index (χ3n) is 3.65. The molecule has 7 nitrogen and oxygen atoms in total. The average molecular weight is 393 g/mol. The molecule has 2 aromatic rings. The van der Waals surface area contributed by atoms with Crippen molar-refractivity contribution in [2.45, 2.75) is 26.2 Å². The van der Waals surface area contributed by atoms with Crippen LogP contribution in [0, 0.1) is 10.1 Å². The number of non-ortho nitro benzene ring substituents is 1. The zero-order valence-corrected chi connectivity index (χ0v) is 15.7. The Morgan fingerprint density at radius 2 is 1.78 bits per heavy atom. The van der Waals surface area contributed by atoms with Crippen LogP contribution < -0.4 is 14.8 Å². The molecular weight excluding hydrogens is 372 g/mol. The van der Waals surface area contributed by atoms with Gasteiger partial charge in [0.15, 0.2) is 6.61 Å². The summed E-state index contributed by atoms with van der Waals surface area (Å²) in [5.74, 6) is 0.778. The number of hydrogen-bond acceptors (Lipinski definition) is 5. The number of benzene rings is 2. The van der Waals surface area contributed by atoms with Gasteiger partial charge in [-0.2, -0.15) is 0 Å². The Balaban J connectivity index is 1.83. The third-order valence-corrected chi connectivity index (χ3v) is 3.97. The van der Waals surface area contributed by atoms with Crippen molar-refractivity contribution < 1.29 is 19.2 Å². The van der Waals surface area contributed by atoms with Crippen LogP contribution in [-0.2, 0) is 4.79 Å². The van der Waals surface area contributed by atoms with Crippen LogP contribution in [0.4, 0.5) is 11.4 Å². The predicted molar refractivity (Wildman–Crippen MR) is 104 cm³/mol. The fraction of sp³-hybridized carbons (Fsp3) is 0.316. The van der Waals surface area contributed by atoms with Crippen molar-refractivity contribution in [2.24, 2.45) is 0 Å². The van der Waals surface area contributed by atoms with Gasteiger partial charge in [0.1, 0.15) is 11.5 Å². The fourth-order valence-corrected chi connectivity index (χ4v) is 2.40.